The molecule has 2 aromatic carbocycles. The Morgan fingerprint density at radius 2 is 2.05 bits per heavy atom. The number of anilines is 3. The minimum Gasteiger partial charge on any atom is -0.494 e. The zero-order valence-electron chi connectivity index (χ0n) is 10.3. The first-order valence-electron chi connectivity index (χ1n) is 5.54. The van der Waals surface area contributed by atoms with E-state index in [9.17, 15) is 4.39 Å². The highest BCUT2D eigenvalue weighted by molar-refractivity contribution is 5.70. The summed E-state index contributed by atoms with van der Waals surface area (Å²) in [5, 5.41) is 12.1. The van der Waals surface area contributed by atoms with Gasteiger partial charge in [0.1, 0.15) is 6.07 Å². The Balaban J connectivity index is 2.34. The maximum absolute atomic E-state index is 13.3. The van der Waals surface area contributed by atoms with Gasteiger partial charge < -0.3 is 15.8 Å². The van der Waals surface area contributed by atoms with Crippen molar-refractivity contribution in [2.24, 2.45) is 0 Å². The Kier molecular flexibility index (Phi) is 3.53. The van der Waals surface area contributed by atoms with Gasteiger partial charge in [-0.15, -0.1) is 0 Å². The molecule has 0 spiro atoms. The van der Waals surface area contributed by atoms with Crippen LogP contribution in [0.25, 0.3) is 0 Å². The van der Waals surface area contributed by atoms with Gasteiger partial charge in [0.25, 0.3) is 0 Å². The molecule has 0 aromatic heterocycles. The van der Waals surface area contributed by atoms with Crippen molar-refractivity contribution >= 4 is 17.1 Å². The van der Waals surface area contributed by atoms with Gasteiger partial charge in [0.2, 0.25) is 0 Å². The van der Waals surface area contributed by atoms with Crippen LogP contribution in [0, 0.1) is 17.1 Å². The van der Waals surface area contributed by atoms with E-state index in [1.807, 2.05) is 6.07 Å². The molecule has 0 bridgehead atoms. The van der Waals surface area contributed by atoms with E-state index in [-0.39, 0.29) is 5.75 Å². The molecule has 0 unspecified atom stereocenters. The van der Waals surface area contributed by atoms with Crippen LogP contribution >= 0.6 is 0 Å². The van der Waals surface area contributed by atoms with E-state index >= 15 is 0 Å². The van der Waals surface area contributed by atoms with Crippen LogP contribution in [0.5, 0.6) is 5.75 Å². The number of nitrogens with zero attached hydrogens (tertiary/aromatic N) is 1. The second-order valence-electron chi connectivity index (χ2n) is 3.89. The zero-order valence-corrected chi connectivity index (χ0v) is 10.3. The molecule has 0 saturated heterocycles. The number of nitrogen functional groups attached to an aromatic ring is 1. The lowest BCUT2D eigenvalue weighted by Gasteiger charge is -2.10. The van der Waals surface area contributed by atoms with Crippen molar-refractivity contribution in [1.29, 1.82) is 5.26 Å². The summed E-state index contributed by atoms with van der Waals surface area (Å²) < 4.78 is 18.2. The average molecular weight is 257 g/mol. The molecule has 0 atom stereocenters. The van der Waals surface area contributed by atoms with Crippen molar-refractivity contribution < 1.29 is 9.13 Å². The van der Waals surface area contributed by atoms with E-state index in [0.29, 0.717) is 22.6 Å². The van der Waals surface area contributed by atoms with Gasteiger partial charge in [-0.2, -0.15) is 5.26 Å². The standard InChI is InChI=1S/C14H12FN3O/c1-19-14-7-11(3-4-12(14)15)18-13-5-2-10(17)6-9(13)8-16/h2-7,18H,17H2,1H3. The fourth-order valence-corrected chi connectivity index (χ4v) is 1.66. The monoisotopic (exact) mass is 257 g/mol. The normalized spacial score (nSPS) is 9.74. The first-order valence-corrected chi connectivity index (χ1v) is 5.54. The van der Waals surface area contributed by atoms with Crippen molar-refractivity contribution in [3.8, 4) is 11.8 Å². The topological polar surface area (TPSA) is 71.1 Å². The second-order valence-corrected chi connectivity index (χ2v) is 3.89. The lowest BCUT2D eigenvalue weighted by Crippen LogP contribution is -1.97. The molecule has 4 nitrogen and oxygen atoms in total. The number of halogens is 1. The van der Waals surface area contributed by atoms with Crippen molar-refractivity contribution in [2.45, 2.75) is 0 Å². The largest absolute Gasteiger partial charge is 0.494 e. The van der Waals surface area contributed by atoms with Crippen LogP contribution in [0.15, 0.2) is 36.4 Å². The summed E-state index contributed by atoms with van der Waals surface area (Å²) in [6.07, 6.45) is 0. The van der Waals surface area contributed by atoms with Gasteiger partial charge in [-0.1, -0.05) is 0 Å². The predicted molar refractivity (Wildman–Crippen MR) is 71.8 cm³/mol. The van der Waals surface area contributed by atoms with Crippen molar-refractivity contribution in [3.05, 3.63) is 47.8 Å². The van der Waals surface area contributed by atoms with E-state index < -0.39 is 5.82 Å². The second kappa shape index (κ2) is 5.27. The summed E-state index contributed by atoms with van der Waals surface area (Å²) in [7, 11) is 1.39. The molecule has 96 valence electrons. The quantitative estimate of drug-likeness (QED) is 0.829. The van der Waals surface area contributed by atoms with Gasteiger partial charge in [0.15, 0.2) is 11.6 Å². The van der Waals surface area contributed by atoms with Gasteiger partial charge in [0.05, 0.1) is 18.4 Å². The summed E-state index contributed by atoms with van der Waals surface area (Å²) in [4.78, 5) is 0. The number of methoxy groups -OCH3 is 1. The van der Waals surface area contributed by atoms with Crippen LogP contribution in [0.2, 0.25) is 0 Å². The van der Waals surface area contributed by atoms with Gasteiger partial charge in [-0.05, 0) is 30.3 Å². The number of hydrogen-bond acceptors (Lipinski definition) is 4. The fourth-order valence-electron chi connectivity index (χ4n) is 1.66. The highest BCUT2D eigenvalue weighted by atomic mass is 19.1. The molecule has 0 heterocycles. The van der Waals surface area contributed by atoms with E-state index in [1.54, 1.807) is 24.3 Å². The lowest BCUT2D eigenvalue weighted by molar-refractivity contribution is 0.387. The Morgan fingerprint density at radius 3 is 2.74 bits per heavy atom. The minimum atomic E-state index is -0.439. The van der Waals surface area contributed by atoms with Gasteiger partial charge in [-0.25, -0.2) is 4.39 Å². The number of nitrogens with two attached hydrogens (primary N) is 1. The average Bonchev–Trinajstić information content (AvgIpc) is 2.42. The fraction of sp³-hybridized carbons (Fsp3) is 0.0714. The van der Waals surface area contributed by atoms with Crippen molar-refractivity contribution in [3.63, 3.8) is 0 Å². The molecule has 2 rings (SSSR count). The first-order chi connectivity index (χ1) is 9.13. The molecule has 0 amide bonds. The Bertz CT molecular complexity index is 650. The number of nitriles is 1. The number of rotatable bonds is 3. The van der Waals surface area contributed by atoms with E-state index in [0.717, 1.165) is 0 Å². The minimum absolute atomic E-state index is 0.138. The summed E-state index contributed by atoms with van der Waals surface area (Å²) in [6, 6.07) is 11.4. The molecule has 0 aliphatic heterocycles. The molecule has 0 radical (unpaired) electrons. The summed E-state index contributed by atoms with van der Waals surface area (Å²) in [5.74, 6) is -0.301. The van der Waals surface area contributed by atoms with Crippen molar-refractivity contribution in [2.75, 3.05) is 18.2 Å². The van der Waals surface area contributed by atoms with Crippen LogP contribution in [-0.2, 0) is 0 Å². The molecule has 3 N–H and O–H groups in total. The molecule has 0 aliphatic rings. The maximum atomic E-state index is 13.3. The third-order valence-electron chi connectivity index (χ3n) is 2.59. The molecular weight excluding hydrogens is 245 g/mol. The van der Waals surface area contributed by atoms with E-state index in [1.165, 1.54) is 19.2 Å². The number of nitrogens with one attached hydrogen (secondary N) is 1. The van der Waals surface area contributed by atoms with Crippen LogP contribution in [0.4, 0.5) is 21.5 Å². The predicted octanol–water partition coefficient (Wildman–Crippen LogP) is 3.03. The lowest BCUT2D eigenvalue weighted by atomic mass is 10.1. The van der Waals surface area contributed by atoms with Crippen LogP contribution in [0.3, 0.4) is 0 Å². The highest BCUT2D eigenvalue weighted by Crippen LogP contribution is 2.26. The smallest absolute Gasteiger partial charge is 0.165 e. The van der Waals surface area contributed by atoms with E-state index in [4.69, 9.17) is 15.7 Å². The van der Waals surface area contributed by atoms with Crippen LogP contribution in [-0.4, -0.2) is 7.11 Å². The number of benzene rings is 2. The molecule has 0 fully saturated rings. The summed E-state index contributed by atoms with van der Waals surface area (Å²) in [6.45, 7) is 0. The Hall–Kier alpha value is -2.74. The first kappa shape index (κ1) is 12.7. The van der Waals surface area contributed by atoms with Gasteiger partial charge in [-0.3, -0.25) is 0 Å². The van der Waals surface area contributed by atoms with E-state index in [2.05, 4.69) is 5.32 Å². The third-order valence-corrected chi connectivity index (χ3v) is 2.59. The molecular formula is C14H12FN3O. The number of ether oxygens (including phenoxy) is 1. The maximum Gasteiger partial charge on any atom is 0.165 e. The third kappa shape index (κ3) is 2.75. The Labute approximate surface area is 110 Å². The Morgan fingerprint density at radius 1 is 1.26 bits per heavy atom. The zero-order chi connectivity index (χ0) is 13.8. The molecule has 5 heteroatoms. The highest BCUT2D eigenvalue weighted by Gasteiger charge is 2.06. The molecule has 19 heavy (non-hydrogen) atoms. The molecule has 0 aliphatic carbocycles. The van der Waals surface area contributed by atoms with Crippen LogP contribution in [0.1, 0.15) is 5.56 Å². The molecule has 2 aromatic rings. The van der Waals surface area contributed by atoms with Crippen LogP contribution < -0.4 is 15.8 Å². The summed E-state index contributed by atoms with van der Waals surface area (Å²) >= 11 is 0. The van der Waals surface area contributed by atoms with Gasteiger partial charge >= 0.3 is 0 Å². The summed E-state index contributed by atoms with van der Waals surface area (Å²) in [5.41, 5.74) is 7.77. The van der Waals surface area contributed by atoms with Crippen molar-refractivity contribution in [1.82, 2.24) is 0 Å². The SMILES string of the molecule is COc1cc(Nc2ccc(N)cc2C#N)ccc1F. The number of hydrogen-bond donors (Lipinski definition) is 2. The molecule has 0 saturated carbocycles. The van der Waals surface area contributed by atoms with Gasteiger partial charge in [0, 0.05) is 17.4 Å².